The molecule has 5 nitrogen and oxygen atoms in total. The second-order valence-corrected chi connectivity index (χ2v) is 5.04. The van der Waals surface area contributed by atoms with Gasteiger partial charge in [-0.2, -0.15) is 5.26 Å². The van der Waals surface area contributed by atoms with Crippen molar-refractivity contribution in [3.63, 3.8) is 0 Å². The summed E-state index contributed by atoms with van der Waals surface area (Å²) in [7, 11) is 2.14. The Balaban J connectivity index is 2.30. The van der Waals surface area contributed by atoms with Crippen molar-refractivity contribution < 1.29 is 0 Å². The molecule has 0 saturated heterocycles. The van der Waals surface area contributed by atoms with Crippen LogP contribution < -0.4 is 5.32 Å². The minimum Gasteiger partial charge on any atom is -0.354 e. The summed E-state index contributed by atoms with van der Waals surface area (Å²) in [6, 6.07) is 4.31. The van der Waals surface area contributed by atoms with Crippen molar-refractivity contribution in [1.82, 2.24) is 14.9 Å². The number of hydrogen-bond acceptors (Lipinski definition) is 5. The molecule has 19 heavy (non-hydrogen) atoms. The molecule has 0 aliphatic carbocycles. The van der Waals surface area contributed by atoms with Gasteiger partial charge in [-0.05, 0) is 53.3 Å². The average molecular weight is 261 g/mol. The van der Waals surface area contributed by atoms with Crippen molar-refractivity contribution in [1.29, 1.82) is 5.26 Å². The zero-order valence-electron chi connectivity index (χ0n) is 12.3. The van der Waals surface area contributed by atoms with Crippen molar-refractivity contribution in [2.75, 3.05) is 25.5 Å². The first-order valence-electron chi connectivity index (χ1n) is 6.73. The van der Waals surface area contributed by atoms with Gasteiger partial charge in [0.2, 0.25) is 5.95 Å². The van der Waals surface area contributed by atoms with Crippen LogP contribution in [0, 0.1) is 18.3 Å². The molecule has 0 atom stereocenters. The molecular formula is C14H23N5. The van der Waals surface area contributed by atoms with E-state index in [1.165, 1.54) is 0 Å². The summed E-state index contributed by atoms with van der Waals surface area (Å²) in [4.78, 5) is 10.7. The highest BCUT2D eigenvalue weighted by Gasteiger charge is 2.03. The molecule has 1 rings (SSSR count). The number of nitrogens with one attached hydrogen (secondary N) is 1. The van der Waals surface area contributed by atoms with Crippen molar-refractivity contribution in [3.05, 3.63) is 17.5 Å². The zero-order valence-corrected chi connectivity index (χ0v) is 12.3. The lowest BCUT2D eigenvalue weighted by Crippen LogP contribution is -2.27. The van der Waals surface area contributed by atoms with E-state index < -0.39 is 0 Å². The Bertz CT molecular complexity index is 436. The maximum absolute atomic E-state index is 8.84. The van der Waals surface area contributed by atoms with Gasteiger partial charge in [0.1, 0.15) is 11.8 Å². The molecule has 0 unspecified atom stereocenters. The molecule has 0 bridgehead atoms. The molecule has 5 heteroatoms. The second-order valence-electron chi connectivity index (χ2n) is 5.04. The molecule has 104 valence electrons. The molecule has 0 radical (unpaired) electrons. The molecule has 0 aliphatic rings. The second kappa shape index (κ2) is 7.70. The Hall–Kier alpha value is -1.67. The van der Waals surface area contributed by atoms with E-state index in [2.05, 4.69) is 41.1 Å². The molecule has 0 amide bonds. The number of hydrogen-bond donors (Lipinski definition) is 1. The Labute approximate surface area is 115 Å². The summed E-state index contributed by atoms with van der Waals surface area (Å²) in [5.74, 6) is 0.550. The Kier molecular flexibility index (Phi) is 6.23. The SMILES string of the molecule is Cc1cc(C#N)nc(NCCCCN(C)C(C)C)n1. The molecule has 0 saturated carbocycles. The van der Waals surface area contributed by atoms with E-state index in [0.717, 1.165) is 31.6 Å². The summed E-state index contributed by atoms with van der Waals surface area (Å²) in [6.45, 7) is 8.19. The van der Waals surface area contributed by atoms with Crippen molar-refractivity contribution in [2.24, 2.45) is 0 Å². The number of nitrogens with zero attached hydrogens (tertiary/aromatic N) is 4. The third-order valence-electron chi connectivity index (χ3n) is 3.07. The molecule has 0 aliphatic heterocycles. The van der Waals surface area contributed by atoms with Gasteiger partial charge in [0.05, 0.1) is 0 Å². The summed E-state index contributed by atoms with van der Waals surface area (Å²) in [5, 5.41) is 12.0. The van der Waals surface area contributed by atoms with Gasteiger partial charge in [-0.3, -0.25) is 0 Å². The first-order chi connectivity index (χ1) is 9.02. The molecule has 0 fully saturated rings. The maximum atomic E-state index is 8.84. The number of rotatable bonds is 7. The zero-order chi connectivity index (χ0) is 14.3. The highest BCUT2D eigenvalue weighted by Crippen LogP contribution is 2.04. The number of aromatic nitrogens is 2. The maximum Gasteiger partial charge on any atom is 0.224 e. The minimum atomic E-state index is 0.412. The van der Waals surface area contributed by atoms with Gasteiger partial charge >= 0.3 is 0 Å². The van der Waals surface area contributed by atoms with Crippen LogP contribution in [0.1, 0.15) is 38.1 Å². The lowest BCUT2D eigenvalue weighted by atomic mass is 10.2. The fourth-order valence-electron chi connectivity index (χ4n) is 1.65. The lowest BCUT2D eigenvalue weighted by molar-refractivity contribution is 0.269. The summed E-state index contributed by atoms with van der Waals surface area (Å²) < 4.78 is 0. The molecule has 0 spiro atoms. The third kappa shape index (κ3) is 5.66. The van der Waals surface area contributed by atoms with Crippen molar-refractivity contribution in [3.8, 4) is 6.07 Å². The van der Waals surface area contributed by atoms with Crippen LogP contribution in [0.3, 0.4) is 0 Å². The summed E-state index contributed by atoms with van der Waals surface area (Å²) >= 11 is 0. The molecule has 0 aromatic carbocycles. The van der Waals surface area contributed by atoms with E-state index in [1.807, 2.05) is 13.0 Å². The van der Waals surface area contributed by atoms with Crippen LogP contribution in [0.2, 0.25) is 0 Å². The largest absolute Gasteiger partial charge is 0.354 e. The standard InChI is InChI=1S/C14H23N5/c1-11(2)19(4)8-6-5-7-16-14-17-12(3)9-13(10-15)18-14/h9,11H,5-8H2,1-4H3,(H,16,17,18). The number of aryl methyl sites for hydroxylation is 1. The first-order valence-corrected chi connectivity index (χ1v) is 6.73. The molecule has 1 aromatic rings. The number of anilines is 1. The van der Waals surface area contributed by atoms with E-state index in [4.69, 9.17) is 5.26 Å². The first kappa shape index (κ1) is 15.4. The topological polar surface area (TPSA) is 64.8 Å². The highest BCUT2D eigenvalue weighted by atomic mass is 15.1. The lowest BCUT2D eigenvalue weighted by Gasteiger charge is -2.20. The van der Waals surface area contributed by atoms with Gasteiger partial charge in [0, 0.05) is 18.3 Å². The van der Waals surface area contributed by atoms with E-state index in [9.17, 15) is 0 Å². The van der Waals surface area contributed by atoms with Crippen LogP contribution in [-0.4, -0.2) is 41.0 Å². The average Bonchev–Trinajstić information content (AvgIpc) is 2.37. The smallest absolute Gasteiger partial charge is 0.224 e. The normalized spacial score (nSPS) is 10.8. The molecular weight excluding hydrogens is 238 g/mol. The van der Waals surface area contributed by atoms with E-state index >= 15 is 0 Å². The monoisotopic (exact) mass is 261 g/mol. The van der Waals surface area contributed by atoms with E-state index in [0.29, 0.717) is 17.7 Å². The quantitative estimate of drug-likeness (QED) is 0.762. The third-order valence-corrected chi connectivity index (χ3v) is 3.07. The van der Waals surface area contributed by atoms with Crippen LogP contribution >= 0.6 is 0 Å². The van der Waals surface area contributed by atoms with Crippen LogP contribution in [0.4, 0.5) is 5.95 Å². The van der Waals surface area contributed by atoms with Gasteiger partial charge in [-0.1, -0.05) is 0 Å². The fourth-order valence-corrected chi connectivity index (χ4v) is 1.65. The summed E-state index contributed by atoms with van der Waals surface area (Å²) in [6.07, 6.45) is 2.20. The predicted molar refractivity (Wildman–Crippen MR) is 77.0 cm³/mol. The predicted octanol–water partition coefficient (Wildman–Crippen LogP) is 2.19. The molecule has 1 aromatic heterocycles. The Morgan fingerprint density at radius 2 is 2.11 bits per heavy atom. The van der Waals surface area contributed by atoms with Crippen molar-refractivity contribution >= 4 is 5.95 Å². The van der Waals surface area contributed by atoms with Gasteiger partial charge < -0.3 is 10.2 Å². The van der Waals surface area contributed by atoms with Crippen molar-refractivity contribution in [2.45, 2.75) is 39.7 Å². The van der Waals surface area contributed by atoms with Gasteiger partial charge in [-0.25, -0.2) is 9.97 Å². The Morgan fingerprint density at radius 1 is 1.37 bits per heavy atom. The van der Waals surface area contributed by atoms with Crippen LogP contribution in [0.5, 0.6) is 0 Å². The van der Waals surface area contributed by atoms with Gasteiger partial charge in [0.15, 0.2) is 0 Å². The van der Waals surface area contributed by atoms with Crippen LogP contribution in [0.25, 0.3) is 0 Å². The minimum absolute atomic E-state index is 0.412. The molecule has 1 heterocycles. The Morgan fingerprint density at radius 3 is 2.74 bits per heavy atom. The van der Waals surface area contributed by atoms with E-state index in [1.54, 1.807) is 6.07 Å². The summed E-state index contributed by atoms with van der Waals surface area (Å²) in [5.41, 5.74) is 1.23. The van der Waals surface area contributed by atoms with Crippen LogP contribution in [0.15, 0.2) is 6.07 Å². The highest BCUT2D eigenvalue weighted by molar-refractivity contribution is 5.32. The van der Waals surface area contributed by atoms with E-state index in [-0.39, 0.29) is 0 Å². The van der Waals surface area contributed by atoms with Gasteiger partial charge in [0.25, 0.3) is 0 Å². The van der Waals surface area contributed by atoms with Crippen LogP contribution in [-0.2, 0) is 0 Å². The molecule has 1 N–H and O–H groups in total. The fraction of sp³-hybridized carbons (Fsp3) is 0.643. The number of nitriles is 1. The number of unbranched alkanes of at least 4 members (excludes halogenated alkanes) is 1. The van der Waals surface area contributed by atoms with Gasteiger partial charge in [-0.15, -0.1) is 0 Å².